The summed E-state index contributed by atoms with van der Waals surface area (Å²) in [6.07, 6.45) is 1.81. The molecule has 1 aromatic heterocycles. The highest BCUT2D eigenvalue weighted by molar-refractivity contribution is 6.23. The Labute approximate surface area is 168 Å². The first-order chi connectivity index (χ1) is 14.0. The third kappa shape index (κ3) is 3.65. The monoisotopic (exact) mass is 385 g/mol. The minimum atomic E-state index is -0.993. The number of rotatable bonds is 5. The van der Waals surface area contributed by atoms with E-state index in [1.807, 2.05) is 43.3 Å². The van der Waals surface area contributed by atoms with E-state index in [-0.39, 0.29) is 6.42 Å². The van der Waals surface area contributed by atoms with Gasteiger partial charge in [0.15, 0.2) is 0 Å². The molecule has 144 valence electrons. The maximum absolute atomic E-state index is 13.2. The summed E-state index contributed by atoms with van der Waals surface area (Å²) >= 11 is 0. The van der Waals surface area contributed by atoms with Crippen LogP contribution in [0, 0.1) is 6.92 Å². The van der Waals surface area contributed by atoms with Gasteiger partial charge in [0.2, 0.25) is 5.91 Å². The van der Waals surface area contributed by atoms with Gasteiger partial charge >= 0.3 is 0 Å². The number of hydrogen-bond acceptors (Lipinski definition) is 4. The normalized spacial score (nSPS) is 13.9. The summed E-state index contributed by atoms with van der Waals surface area (Å²) in [5, 5.41) is 2.75. The molecular formula is C23H19N3O3. The van der Waals surface area contributed by atoms with Crippen LogP contribution in [0.2, 0.25) is 0 Å². The molecule has 0 spiro atoms. The average Bonchev–Trinajstić information content (AvgIpc) is 2.98. The van der Waals surface area contributed by atoms with Crippen LogP contribution >= 0.6 is 0 Å². The predicted molar refractivity (Wildman–Crippen MR) is 108 cm³/mol. The largest absolute Gasteiger partial charge is 0.309 e. The van der Waals surface area contributed by atoms with E-state index in [0.717, 1.165) is 16.0 Å². The van der Waals surface area contributed by atoms with Crippen molar-refractivity contribution in [3.63, 3.8) is 0 Å². The highest BCUT2D eigenvalue weighted by Crippen LogP contribution is 2.26. The smallest absolute Gasteiger partial charge is 0.262 e. The average molecular weight is 385 g/mol. The molecule has 1 N–H and O–H groups in total. The van der Waals surface area contributed by atoms with Crippen molar-refractivity contribution in [2.45, 2.75) is 19.4 Å². The molecule has 6 nitrogen and oxygen atoms in total. The maximum Gasteiger partial charge on any atom is 0.262 e. The first kappa shape index (κ1) is 18.6. The Balaban J connectivity index is 1.68. The van der Waals surface area contributed by atoms with Crippen LogP contribution in [0.15, 0.2) is 72.9 Å². The molecule has 0 unspecified atom stereocenters. The SMILES string of the molecule is Cc1ccnc(NC(=O)[C@@H](Cc2ccccc2)N2C(=O)c3ccccc3C2=O)c1. The number of nitrogens with one attached hydrogen (secondary N) is 1. The predicted octanol–water partition coefficient (Wildman–Crippen LogP) is 3.24. The van der Waals surface area contributed by atoms with Gasteiger partial charge in [0.1, 0.15) is 11.9 Å². The third-order valence-corrected chi connectivity index (χ3v) is 4.88. The fraction of sp³-hybridized carbons (Fsp3) is 0.130. The molecule has 2 heterocycles. The fourth-order valence-electron chi connectivity index (χ4n) is 3.44. The molecule has 4 rings (SSSR count). The first-order valence-electron chi connectivity index (χ1n) is 9.29. The number of pyridine rings is 1. The van der Waals surface area contributed by atoms with Crippen LogP contribution in [0.5, 0.6) is 0 Å². The molecule has 1 aliphatic rings. The summed E-state index contributed by atoms with van der Waals surface area (Å²) in [5.74, 6) is -0.996. The number of amides is 3. The lowest BCUT2D eigenvalue weighted by Gasteiger charge is -2.25. The molecule has 6 heteroatoms. The Hall–Kier alpha value is -3.80. The summed E-state index contributed by atoms with van der Waals surface area (Å²) in [4.78, 5) is 44.3. The van der Waals surface area contributed by atoms with E-state index in [9.17, 15) is 14.4 Å². The minimum Gasteiger partial charge on any atom is -0.309 e. The summed E-state index contributed by atoms with van der Waals surface area (Å²) in [6.45, 7) is 1.89. The summed E-state index contributed by atoms with van der Waals surface area (Å²) in [5.41, 5.74) is 2.42. The molecule has 1 aliphatic heterocycles. The molecule has 3 amide bonds. The van der Waals surface area contributed by atoms with Crippen LogP contribution in [0.3, 0.4) is 0 Å². The van der Waals surface area contributed by atoms with E-state index in [0.29, 0.717) is 16.9 Å². The lowest BCUT2D eigenvalue weighted by atomic mass is 10.0. The number of fused-ring (bicyclic) bond motifs is 1. The van der Waals surface area contributed by atoms with Gasteiger partial charge in [0.05, 0.1) is 11.1 Å². The van der Waals surface area contributed by atoms with Crippen molar-refractivity contribution in [3.8, 4) is 0 Å². The van der Waals surface area contributed by atoms with Crippen LogP contribution in [0.25, 0.3) is 0 Å². The second-order valence-corrected chi connectivity index (χ2v) is 6.94. The molecule has 1 atom stereocenters. The Morgan fingerprint density at radius 3 is 2.21 bits per heavy atom. The molecule has 29 heavy (non-hydrogen) atoms. The molecule has 0 aliphatic carbocycles. The molecule has 3 aromatic rings. The van der Waals surface area contributed by atoms with Crippen molar-refractivity contribution < 1.29 is 14.4 Å². The number of nitrogens with zero attached hydrogens (tertiary/aromatic N) is 2. The van der Waals surface area contributed by atoms with Crippen molar-refractivity contribution in [3.05, 3.63) is 95.2 Å². The number of anilines is 1. The number of imide groups is 1. The van der Waals surface area contributed by atoms with Gasteiger partial charge in [-0.3, -0.25) is 19.3 Å². The molecule has 2 aromatic carbocycles. The van der Waals surface area contributed by atoms with Gasteiger partial charge in [-0.2, -0.15) is 0 Å². The van der Waals surface area contributed by atoms with E-state index >= 15 is 0 Å². The lowest BCUT2D eigenvalue weighted by Crippen LogP contribution is -2.48. The second kappa shape index (κ2) is 7.67. The van der Waals surface area contributed by atoms with Crippen LogP contribution in [-0.4, -0.2) is 33.6 Å². The minimum absolute atomic E-state index is 0.212. The van der Waals surface area contributed by atoms with E-state index in [2.05, 4.69) is 10.3 Å². The number of aryl methyl sites for hydroxylation is 1. The number of carbonyl (C=O) groups is 3. The fourth-order valence-corrected chi connectivity index (χ4v) is 3.44. The van der Waals surface area contributed by atoms with Gasteiger partial charge < -0.3 is 5.32 Å². The van der Waals surface area contributed by atoms with Crippen LogP contribution in [0.1, 0.15) is 31.8 Å². The Morgan fingerprint density at radius 2 is 1.59 bits per heavy atom. The van der Waals surface area contributed by atoms with Crippen LogP contribution in [-0.2, 0) is 11.2 Å². The second-order valence-electron chi connectivity index (χ2n) is 6.94. The molecule has 0 saturated carbocycles. The standard InChI is InChI=1S/C23H19N3O3/c1-15-11-12-24-20(13-15)25-21(27)19(14-16-7-3-2-4-8-16)26-22(28)17-9-5-6-10-18(17)23(26)29/h2-13,19H,14H2,1H3,(H,24,25,27)/t19-/m1/s1. The van der Waals surface area contributed by atoms with Crippen molar-refractivity contribution in [1.82, 2.24) is 9.88 Å². The van der Waals surface area contributed by atoms with Crippen molar-refractivity contribution in [1.29, 1.82) is 0 Å². The van der Waals surface area contributed by atoms with E-state index in [1.54, 1.807) is 36.5 Å². The zero-order valence-corrected chi connectivity index (χ0v) is 15.8. The van der Waals surface area contributed by atoms with Crippen LogP contribution in [0.4, 0.5) is 5.82 Å². The third-order valence-electron chi connectivity index (χ3n) is 4.88. The van der Waals surface area contributed by atoms with Crippen molar-refractivity contribution in [2.75, 3.05) is 5.32 Å². The van der Waals surface area contributed by atoms with Gasteiger partial charge in [-0.15, -0.1) is 0 Å². The summed E-state index contributed by atoms with van der Waals surface area (Å²) in [7, 11) is 0. The highest BCUT2D eigenvalue weighted by atomic mass is 16.2. The molecule has 0 radical (unpaired) electrons. The van der Waals surface area contributed by atoms with E-state index < -0.39 is 23.8 Å². The Bertz CT molecular complexity index is 1060. The Morgan fingerprint density at radius 1 is 0.966 bits per heavy atom. The number of aromatic nitrogens is 1. The van der Waals surface area contributed by atoms with Crippen LogP contribution < -0.4 is 5.32 Å². The number of benzene rings is 2. The maximum atomic E-state index is 13.2. The molecule has 0 fully saturated rings. The van der Waals surface area contributed by atoms with Gasteiger partial charge in [-0.05, 0) is 42.3 Å². The van der Waals surface area contributed by atoms with Gasteiger partial charge in [-0.25, -0.2) is 4.98 Å². The zero-order valence-electron chi connectivity index (χ0n) is 15.8. The summed E-state index contributed by atoms with van der Waals surface area (Å²) < 4.78 is 0. The quantitative estimate of drug-likeness (QED) is 0.684. The highest BCUT2D eigenvalue weighted by Gasteiger charge is 2.42. The van der Waals surface area contributed by atoms with Crippen molar-refractivity contribution >= 4 is 23.5 Å². The lowest BCUT2D eigenvalue weighted by molar-refractivity contribution is -0.120. The van der Waals surface area contributed by atoms with E-state index in [4.69, 9.17) is 0 Å². The molecule has 0 bridgehead atoms. The number of hydrogen-bond donors (Lipinski definition) is 1. The molecular weight excluding hydrogens is 366 g/mol. The van der Waals surface area contributed by atoms with E-state index in [1.165, 1.54) is 0 Å². The first-order valence-corrected chi connectivity index (χ1v) is 9.29. The van der Waals surface area contributed by atoms with Gasteiger partial charge in [0.25, 0.3) is 11.8 Å². The zero-order chi connectivity index (χ0) is 20.4. The van der Waals surface area contributed by atoms with Gasteiger partial charge in [0, 0.05) is 12.6 Å². The van der Waals surface area contributed by atoms with Crippen molar-refractivity contribution in [2.24, 2.45) is 0 Å². The molecule has 0 saturated heterocycles. The topological polar surface area (TPSA) is 79.4 Å². The summed E-state index contributed by atoms with van der Waals surface area (Å²) in [6, 6.07) is 18.5. The van der Waals surface area contributed by atoms with Gasteiger partial charge in [-0.1, -0.05) is 42.5 Å². The Kier molecular flexibility index (Phi) is 4.91. The number of carbonyl (C=O) groups excluding carboxylic acids is 3.